The summed E-state index contributed by atoms with van der Waals surface area (Å²) in [7, 11) is 0. The van der Waals surface area contributed by atoms with Crippen LogP contribution >= 0.6 is 23.1 Å². The Kier molecular flexibility index (Phi) is 3.03. The van der Waals surface area contributed by atoms with Gasteiger partial charge in [-0.3, -0.25) is 4.98 Å². The fraction of sp³-hybridized carbons (Fsp3) is 0.400. The molecule has 2 nitrogen and oxygen atoms in total. The monoisotopic (exact) mass is 161 g/mol. The highest BCUT2D eigenvalue weighted by molar-refractivity contribution is 8.01. The summed E-state index contributed by atoms with van der Waals surface area (Å²) in [6.07, 6.45) is 1.81. The fourth-order valence-electron chi connectivity index (χ4n) is 0.422. The zero-order chi connectivity index (χ0) is 6.53. The fourth-order valence-corrected chi connectivity index (χ4v) is 1.85. The number of thioether (sulfide) groups is 1. The molecule has 0 atom stereocenters. The summed E-state index contributed by atoms with van der Waals surface area (Å²) < 4.78 is 1.17. The lowest BCUT2D eigenvalue weighted by atomic mass is 10.9. The summed E-state index contributed by atoms with van der Waals surface area (Å²) >= 11 is 3.24. The van der Waals surface area contributed by atoms with E-state index in [9.17, 15) is 0 Å². The van der Waals surface area contributed by atoms with E-state index in [4.69, 9.17) is 5.11 Å². The molecule has 0 amide bonds. The van der Waals surface area contributed by atoms with Gasteiger partial charge in [-0.05, 0) is 0 Å². The predicted molar refractivity (Wildman–Crippen MR) is 39.9 cm³/mol. The first-order valence-corrected chi connectivity index (χ1v) is 4.42. The number of aliphatic hydroxyl groups is 1. The van der Waals surface area contributed by atoms with Gasteiger partial charge in [0.15, 0.2) is 0 Å². The molecule has 1 aromatic heterocycles. The van der Waals surface area contributed by atoms with E-state index in [0.717, 1.165) is 5.75 Å². The maximum atomic E-state index is 8.43. The number of aliphatic hydroxyl groups excluding tert-OH is 1. The third-order valence-corrected chi connectivity index (χ3v) is 2.73. The Labute approximate surface area is 61.9 Å². The topological polar surface area (TPSA) is 33.1 Å². The highest BCUT2D eigenvalue weighted by Crippen LogP contribution is 2.20. The number of rotatable bonds is 3. The lowest BCUT2D eigenvalue weighted by Crippen LogP contribution is -1.82. The van der Waals surface area contributed by atoms with E-state index < -0.39 is 0 Å². The molecule has 0 aliphatic carbocycles. The summed E-state index contributed by atoms with van der Waals surface area (Å²) in [4.78, 5) is 3.89. The highest BCUT2D eigenvalue weighted by atomic mass is 32.2. The minimum absolute atomic E-state index is 0.239. The van der Waals surface area contributed by atoms with Gasteiger partial charge < -0.3 is 5.11 Å². The van der Waals surface area contributed by atoms with E-state index in [2.05, 4.69) is 4.98 Å². The Morgan fingerprint density at radius 2 is 2.67 bits per heavy atom. The quantitative estimate of drug-likeness (QED) is 0.677. The van der Waals surface area contributed by atoms with Crippen molar-refractivity contribution in [1.29, 1.82) is 0 Å². The molecule has 1 aromatic rings. The summed E-state index contributed by atoms with van der Waals surface area (Å²) in [6, 6.07) is 0. The molecule has 1 N–H and O–H groups in total. The Bertz CT molecular complexity index is 152. The smallest absolute Gasteiger partial charge is 0.0803 e. The lowest BCUT2D eigenvalue weighted by molar-refractivity contribution is 0.322. The van der Waals surface area contributed by atoms with Crippen molar-refractivity contribution in [2.75, 3.05) is 12.4 Å². The first-order valence-electron chi connectivity index (χ1n) is 2.55. The van der Waals surface area contributed by atoms with Gasteiger partial charge in [-0.2, -0.15) is 0 Å². The van der Waals surface area contributed by atoms with Crippen molar-refractivity contribution in [2.24, 2.45) is 0 Å². The molecule has 1 rings (SSSR count). The number of hydrogen-bond donors (Lipinski definition) is 1. The minimum Gasteiger partial charge on any atom is -0.396 e. The largest absolute Gasteiger partial charge is 0.396 e. The molecule has 50 valence electrons. The van der Waals surface area contributed by atoms with Crippen LogP contribution in [-0.2, 0) is 0 Å². The zero-order valence-corrected chi connectivity index (χ0v) is 6.41. The van der Waals surface area contributed by atoms with Crippen LogP contribution < -0.4 is 0 Å². The molecular weight excluding hydrogens is 154 g/mol. The molecule has 9 heavy (non-hydrogen) atoms. The van der Waals surface area contributed by atoms with Gasteiger partial charge in [0.25, 0.3) is 0 Å². The predicted octanol–water partition coefficient (Wildman–Crippen LogP) is 1.23. The van der Waals surface area contributed by atoms with Crippen LogP contribution in [0.1, 0.15) is 0 Å². The van der Waals surface area contributed by atoms with Crippen LogP contribution in [0, 0.1) is 0 Å². The molecule has 0 fully saturated rings. The molecule has 0 radical (unpaired) electrons. The van der Waals surface area contributed by atoms with Gasteiger partial charge in [-0.25, -0.2) is 0 Å². The third kappa shape index (κ3) is 2.34. The summed E-state index contributed by atoms with van der Waals surface area (Å²) in [5.41, 5.74) is 1.79. The number of aromatic nitrogens is 1. The van der Waals surface area contributed by atoms with Gasteiger partial charge in [0.1, 0.15) is 0 Å². The minimum atomic E-state index is 0.239. The van der Waals surface area contributed by atoms with E-state index >= 15 is 0 Å². The Hall–Kier alpha value is -0.0600. The van der Waals surface area contributed by atoms with Crippen LogP contribution in [0.25, 0.3) is 0 Å². The van der Waals surface area contributed by atoms with Crippen molar-refractivity contribution < 1.29 is 5.11 Å². The summed E-state index contributed by atoms with van der Waals surface area (Å²) in [5.74, 6) is 0.766. The second-order valence-electron chi connectivity index (χ2n) is 1.39. The molecule has 0 bridgehead atoms. The van der Waals surface area contributed by atoms with Crippen molar-refractivity contribution in [2.45, 2.75) is 4.21 Å². The van der Waals surface area contributed by atoms with Crippen molar-refractivity contribution in [3.8, 4) is 0 Å². The normalized spacial score (nSPS) is 9.89. The van der Waals surface area contributed by atoms with Gasteiger partial charge in [0.2, 0.25) is 0 Å². The van der Waals surface area contributed by atoms with Crippen LogP contribution in [0.5, 0.6) is 0 Å². The van der Waals surface area contributed by atoms with E-state index in [1.54, 1.807) is 28.6 Å². The first kappa shape index (κ1) is 7.05. The average Bonchev–Trinajstić information content (AvgIpc) is 2.34. The Balaban J connectivity index is 2.30. The van der Waals surface area contributed by atoms with Crippen molar-refractivity contribution in [1.82, 2.24) is 4.98 Å². The van der Waals surface area contributed by atoms with Crippen LogP contribution in [0.15, 0.2) is 15.9 Å². The van der Waals surface area contributed by atoms with Crippen LogP contribution in [-0.4, -0.2) is 22.5 Å². The average molecular weight is 161 g/mol. The number of hydrogen-bond acceptors (Lipinski definition) is 4. The number of nitrogens with zero attached hydrogens (tertiary/aromatic N) is 1. The molecule has 0 spiro atoms. The number of thiazole rings is 1. The third-order valence-electron chi connectivity index (χ3n) is 0.745. The molecule has 0 saturated carbocycles. The molecule has 0 unspecified atom stereocenters. The Morgan fingerprint density at radius 3 is 3.22 bits per heavy atom. The van der Waals surface area contributed by atoms with Crippen molar-refractivity contribution >= 4 is 23.1 Å². The van der Waals surface area contributed by atoms with Gasteiger partial charge >= 0.3 is 0 Å². The second kappa shape index (κ2) is 3.87. The van der Waals surface area contributed by atoms with Crippen molar-refractivity contribution in [3.63, 3.8) is 0 Å². The Morgan fingerprint density at radius 1 is 1.78 bits per heavy atom. The van der Waals surface area contributed by atoms with Crippen LogP contribution in [0.4, 0.5) is 0 Å². The van der Waals surface area contributed by atoms with Gasteiger partial charge in [0, 0.05) is 5.75 Å². The van der Waals surface area contributed by atoms with Gasteiger partial charge in [0.05, 0.1) is 22.5 Å². The van der Waals surface area contributed by atoms with E-state index in [1.807, 2.05) is 6.20 Å². The van der Waals surface area contributed by atoms with Gasteiger partial charge in [-0.1, -0.05) is 0 Å². The highest BCUT2D eigenvalue weighted by Gasteiger charge is 1.91. The summed E-state index contributed by atoms with van der Waals surface area (Å²) in [6.45, 7) is 0.239. The van der Waals surface area contributed by atoms with E-state index in [0.29, 0.717) is 0 Å². The van der Waals surface area contributed by atoms with Crippen molar-refractivity contribution in [3.05, 3.63) is 11.7 Å². The molecular formula is C5H7NOS2. The molecule has 0 aliphatic heterocycles. The van der Waals surface area contributed by atoms with Crippen LogP contribution in [0.3, 0.4) is 0 Å². The maximum Gasteiger partial charge on any atom is 0.0803 e. The SMILES string of the molecule is OCCSc1cncs1. The van der Waals surface area contributed by atoms with Gasteiger partial charge in [-0.15, -0.1) is 23.1 Å². The second-order valence-corrected chi connectivity index (χ2v) is 3.67. The van der Waals surface area contributed by atoms with E-state index in [-0.39, 0.29) is 6.61 Å². The maximum absolute atomic E-state index is 8.43. The molecule has 0 aromatic carbocycles. The molecule has 4 heteroatoms. The van der Waals surface area contributed by atoms with E-state index in [1.165, 1.54) is 4.21 Å². The first-order chi connectivity index (χ1) is 4.43. The lowest BCUT2D eigenvalue weighted by Gasteiger charge is -1.89. The van der Waals surface area contributed by atoms with Crippen LogP contribution in [0.2, 0.25) is 0 Å². The molecule has 1 heterocycles. The summed E-state index contributed by atoms with van der Waals surface area (Å²) in [5, 5.41) is 8.43. The molecule has 0 aliphatic rings. The zero-order valence-electron chi connectivity index (χ0n) is 4.78. The standard InChI is InChI=1S/C5H7NOS2/c7-1-2-8-5-3-6-4-9-5/h3-4,7H,1-2H2. The molecule has 0 saturated heterocycles.